The number of hydrogen-bond donors (Lipinski definition) is 1. The number of carbonyl (C=O) groups excluding carboxylic acids is 1. The van der Waals surface area contributed by atoms with Crippen LogP contribution in [0.15, 0.2) is 24.3 Å². The van der Waals surface area contributed by atoms with Crippen molar-refractivity contribution >= 4 is 5.91 Å². The maximum atomic E-state index is 13.0. The molecule has 3 aliphatic rings. The van der Waals surface area contributed by atoms with Crippen molar-refractivity contribution in [2.45, 2.75) is 44.2 Å². The number of likely N-dealkylation sites (tertiary alicyclic amines) is 1. The highest BCUT2D eigenvalue weighted by Crippen LogP contribution is 2.32. The molecule has 4 rings (SSSR count). The summed E-state index contributed by atoms with van der Waals surface area (Å²) in [6.45, 7) is 2.69. The number of aliphatic hydroxyl groups excluding tert-OH is 1. The van der Waals surface area contributed by atoms with E-state index in [1.807, 2.05) is 29.2 Å². The summed E-state index contributed by atoms with van der Waals surface area (Å²) >= 11 is 0. The first kappa shape index (κ1) is 16.9. The van der Waals surface area contributed by atoms with Crippen LogP contribution in [0.4, 0.5) is 0 Å². The number of benzene rings is 1. The Hall–Kier alpha value is -1.59. The SMILES string of the molecule is O=C(c1ccc(OCC2CC2)cc1)N1CCC[C@@H]1[C@H]1COCC[C@@H]1O. The molecule has 5 nitrogen and oxygen atoms in total. The third-order valence-electron chi connectivity index (χ3n) is 5.70. The monoisotopic (exact) mass is 345 g/mol. The standard InChI is InChI=1S/C20H27NO4/c22-19-9-11-24-13-17(19)18-2-1-10-21(18)20(23)15-5-7-16(8-6-15)25-12-14-3-4-14/h5-8,14,17-19,22H,1-4,9-13H2/t17-,18-,19+/m1/s1. The molecule has 5 heteroatoms. The summed E-state index contributed by atoms with van der Waals surface area (Å²) in [6.07, 6.45) is 4.76. The molecule has 136 valence electrons. The van der Waals surface area contributed by atoms with E-state index < -0.39 is 0 Å². The van der Waals surface area contributed by atoms with E-state index >= 15 is 0 Å². The smallest absolute Gasteiger partial charge is 0.254 e. The molecule has 3 atom stereocenters. The fraction of sp³-hybridized carbons (Fsp3) is 0.650. The molecule has 2 heterocycles. The maximum absolute atomic E-state index is 13.0. The van der Waals surface area contributed by atoms with Gasteiger partial charge in [0.25, 0.3) is 5.91 Å². The van der Waals surface area contributed by atoms with Gasteiger partial charge < -0.3 is 19.5 Å². The minimum atomic E-state index is -0.370. The lowest BCUT2D eigenvalue weighted by Crippen LogP contribution is -2.48. The van der Waals surface area contributed by atoms with Gasteiger partial charge in [-0.15, -0.1) is 0 Å². The predicted molar refractivity (Wildman–Crippen MR) is 93.7 cm³/mol. The summed E-state index contributed by atoms with van der Waals surface area (Å²) in [5, 5.41) is 10.3. The molecule has 1 amide bonds. The second-order valence-electron chi connectivity index (χ2n) is 7.58. The molecule has 0 spiro atoms. The van der Waals surface area contributed by atoms with Crippen LogP contribution in [0, 0.1) is 11.8 Å². The van der Waals surface area contributed by atoms with Crippen molar-refractivity contribution in [2.24, 2.45) is 11.8 Å². The van der Waals surface area contributed by atoms with Crippen molar-refractivity contribution in [3.63, 3.8) is 0 Å². The number of aliphatic hydroxyl groups is 1. The van der Waals surface area contributed by atoms with E-state index in [0.29, 0.717) is 25.2 Å². The molecule has 3 fully saturated rings. The number of ether oxygens (including phenoxy) is 2. The normalized spacial score (nSPS) is 29.6. The van der Waals surface area contributed by atoms with Crippen LogP contribution in [-0.4, -0.2) is 54.4 Å². The van der Waals surface area contributed by atoms with E-state index in [9.17, 15) is 9.90 Å². The molecule has 25 heavy (non-hydrogen) atoms. The zero-order chi connectivity index (χ0) is 17.2. The molecule has 1 aliphatic carbocycles. The third-order valence-corrected chi connectivity index (χ3v) is 5.70. The number of amides is 1. The highest BCUT2D eigenvalue weighted by molar-refractivity contribution is 5.94. The van der Waals surface area contributed by atoms with Gasteiger partial charge in [-0.3, -0.25) is 4.79 Å². The summed E-state index contributed by atoms with van der Waals surface area (Å²) in [4.78, 5) is 14.9. The zero-order valence-electron chi connectivity index (χ0n) is 14.6. The summed E-state index contributed by atoms with van der Waals surface area (Å²) in [6, 6.07) is 7.56. The minimum Gasteiger partial charge on any atom is -0.493 e. The van der Waals surface area contributed by atoms with Crippen molar-refractivity contribution < 1.29 is 19.4 Å². The lowest BCUT2D eigenvalue weighted by molar-refractivity contribution is -0.0589. The van der Waals surface area contributed by atoms with E-state index in [1.165, 1.54) is 12.8 Å². The Morgan fingerprint density at radius 3 is 2.72 bits per heavy atom. The molecule has 0 radical (unpaired) electrons. The summed E-state index contributed by atoms with van der Waals surface area (Å²) < 4.78 is 11.3. The number of rotatable bonds is 5. The van der Waals surface area contributed by atoms with Crippen molar-refractivity contribution in [3.05, 3.63) is 29.8 Å². The molecular formula is C20H27NO4. The average molecular weight is 345 g/mol. The number of hydrogen-bond acceptors (Lipinski definition) is 4. The number of carbonyl (C=O) groups is 1. The van der Waals surface area contributed by atoms with Crippen molar-refractivity contribution in [1.29, 1.82) is 0 Å². The van der Waals surface area contributed by atoms with Crippen LogP contribution >= 0.6 is 0 Å². The fourth-order valence-corrected chi connectivity index (χ4v) is 3.96. The Labute approximate surface area is 148 Å². The first-order chi connectivity index (χ1) is 12.2. The van der Waals surface area contributed by atoms with E-state index in [2.05, 4.69) is 0 Å². The van der Waals surface area contributed by atoms with Crippen molar-refractivity contribution in [1.82, 2.24) is 4.90 Å². The molecule has 1 saturated carbocycles. The maximum Gasteiger partial charge on any atom is 0.254 e. The second kappa shape index (κ2) is 7.34. The van der Waals surface area contributed by atoms with E-state index in [-0.39, 0.29) is 24.0 Å². The first-order valence-corrected chi connectivity index (χ1v) is 9.52. The lowest BCUT2D eigenvalue weighted by Gasteiger charge is -2.37. The summed E-state index contributed by atoms with van der Waals surface area (Å²) in [7, 11) is 0. The van der Waals surface area contributed by atoms with E-state index in [4.69, 9.17) is 9.47 Å². The van der Waals surface area contributed by atoms with Gasteiger partial charge >= 0.3 is 0 Å². The van der Waals surface area contributed by atoms with Gasteiger partial charge in [-0.2, -0.15) is 0 Å². The van der Waals surface area contributed by atoms with Crippen LogP contribution in [0.1, 0.15) is 42.5 Å². The van der Waals surface area contributed by atoms with E-state index in [1.54, 1.807) is 0 Å². The van der Waals surface area contributed by atoms with E-state index in [0.717, 1.165) is 37.7 Å². The zero-order valence-corrected chi connectivity index (χ0v) is 14.6. The first-order valence-electron chi connectivity index (χ1n) is 9.52. The van der Waals surface area contributed by atoms with Gasteiger partial charge in [0.05, 0.1) is 19.3 Å². The Bertz CT molecular complexity index is 598. The fourth-order valence-electron chi connectivity index (χ4n) is 3.96. The van der Waals surface area contributed by atoms with Gasteiger partial charge in [-0.1, -0.05) is 0 Å². The molecule has 2 saturated heterocycles. The van der Waals surface area contributed by atoms with Crippen molar-refractivity contribution in [3.8, 4) is 5.75 Å². The lowest BCUT2D eigenvalue weighted by atomic mass is 9.89. The van der Waals surface area contributed by atoms with Gasteiger partial charge in [-0.05, 0) is 62.3 Å². The largest absolute Gasteiger partial charge is 0.493 e. The van der Waals surface area contributed by atoms with Crippen LogP contribution < -0.4 is 4.74 Å². The van der Waals surface area contributed by atoms with Gasteiger partial charge in [0.2, 0.25) is 0 Å². The quantitative estimate of drug-likeness (QED) is 0.891. The Morgan fingerprint density at radius 1 is 1.20 bits per heavy atom. The van der Waals surface area contributed by atoms with Crippen LogP contribution in [0.25, 0.3) is 0 Å². The molecule has 1 N–H and O–H groups in total. The van der Waals surface area contributed by atoms with Crippen LogP contribution in [-0.2, 0) is 4.74 Å². The Kier molecular flexibility index (Phi) is 4.95. The molecule has 2 aliphatic heterocycles. The topological polar surface area (TPSA) is 59.0 Å². The van der Waals surface area contributed by atoms with Gasteiger partial charge in [0, 0.05) is 30.7 Å². The van der Waals surface area contributed by atoms with Crippen LogP contribution in [0.3, 0.4) is 0 Å². The average Bonchev–Trinajstić information content (AvgIpc) is 3.35. The molecule has 0 aromatic heterocycles. The second-order valence-corrected chi connectivity index (χ2v) is 7.58. The minimum absolute atomic E-state index is 0.0290. The van der Waals surface area contributed by atoms with Crippen molar-refractivity contribution in [2.75, 3.05) is 26.4 Å². The van der Waals surface area contributed by atoms with Gasteiger partial charge in [0.1, 0.15) is 5.75 Å². The molecule has 0 bridgehead atoms. The molecule has 1 aromatic carbocycles. The summed E-state index contributed by atoms with van der Waals surface area (Å²) in [5.41, 5.74) is 0.692. The number of nitrogens with zero attached hydrogens (tertiary/aromatic N) is 1. The Balaban J connectivity index is 1.41. The highest BCUT2D eigenvalue weighted by Gasteiger charge is 2.39. The highest BCUT2D eigenvalue weighted by atomic mass is 16.5. The molecular weight excluding hydrogens is 318 g/mol. The van der Waals surface area contributed by atoms with Crippen LogP contribution in [0.5, 0.6) is 5.75 Å². The van der Waals surface area contributed by atoms with Gasteiger partial charge in [0.15, 0.2) is 0 Å². The van der Waals surface area contributed by atoms with Crippen LogP contribution in [0.2, 0.25) is 0 Å². The molecule has 1 aromatic rings. The molecule has 0 unspecified atom stereocenters. The third kappa shape index (κ3) is 3.82. The summed E-state index contributed by atoms with van der Waals surface area (Å²) in [5.74, 6) is 1.63. The predicted octanol–water partition coefficient (Wildman–Crippen LogP) is 2.48. The Morgan fingerprint density at radius 2 is 2.00 bits per heavy atom. The van der Waals surface area contributed by atoms with Gasteiger partial charge in [-0.25, -0.2) is 0 Å².